The summed E-state index contributed by atoms with van der Waals surface area (Å²) in [6, 6.07) is 0. The van der Waals surface area contributed by atoms with Gasteiger partial charge in [0, 0.05) is 25.1 Å². The Hall–Kier alpha value is -1.58. The maximum absolute atomic E-state index is 12.8. The maximum Gasteiger partial charge on any atom is 0.259 e. The number of hydrogen-bond donors (Lipinski definition) is 2. The fourth-order valence-electron chi connectivity index (χ4n) is 3.77. The highest BCUT2D eigenvalue weighted by molar-refractivity contribution is 7.18. The molecule has 8 heteroatoms. The van der Waals surface area contributed by atoms with E-state index in [4.69, 9.17) is 14.5 Å². The molecule has 0 fully saturated rings. The van der Waals surface area contributed by atoms with Crippen LogP contribution in [0.3, 0.4) is 0 Å². The number of aliphatic hydroxyl groups excluding tert-OH is 1. The Labute approximate surface area is 175 Å². The molecule has 2 aromatic rings. The largest absolute Gasteiger partial charge is 0.389 e. The Morgan fingerprint density at radius 3 is 3.10 bits per heavy atom. The van der Waals surface area contributed by atoms with Crippen molar-refractivity contribution in [1.82, 2.24) is 14.9 Å². The molecule has 7 nitrogen and oxygen atoms in total. The third-order valence-electron chi connectivity index (χ3n) is 5.21. The van der Waals surface area contributed by atoms with Gasteiger partial charge in [-0.25, -0.2) is 4.98 Å². The van der Waals surface area contributed by atoms with Gasteiger partial charge in [0.25, 0.3) is 5.56 Å². The average Bonchev–Trinajstić information content (AvgIpc) is 3.03. The molecular weight excluding hydrogens is 390 g/mol. The van der Waals surface area contributed by atoms with Gasteiger partial charge < -0.3 is 19.6 Å². The summed E-state index contributed by atoms with van der Waals surface area (Å²) in [5, 5.41) is 11.0. The van der Waals surface area contributed by atoms with Crippen LogP contribution in [0.2, 0.25) is 0 Å². The molecule has 2 unspecified atom stereocenters. The molecule has 2 N–H and O–H groups in total. The quantitative estimate of drug-likeness (QED) is 0.427. The van der Waals surface area contributed by atoms with Crippen molar-refractivity contribution in [2.24, 2.45) is 5.92 Å². The van der Waals surface area contributed by atoms with Gasteiger partial charge in [-0.3, -0.25) is 9.69 Å². The third kappa shape index (κ3) is 5.73. The molecule has 160 valence electrons. The first-order chi connectivity index (χ1) is 14.0. The number of thiophene rings is 1. The van der Waals surface area contributed by atoms with E-state index in [0.717, 1.165) is 29.5 Å². The molecule has 0 spiro atoms. The Bertz CT molecular complexity index is 879. The van der Waals surface area contributed by atoms with E-state index in [1.165, 1.54) is 10.4 Å². The number of aliphatic hydroxyl groups is 1. The van der Waals surface area contributed by atoms with Crippen LogP contribution in [-0.4, -0.2) is 66.1 Å². The molecular formula is C21H31N3O4S. The lowest BCUT2D eigenvalue weighted by atomic mass is 9.89. The van der Waals surface area contributed by atoms with Crippen molar-refractivity contribution in [2.75, 3.05) is 40.0 Å². The second-order valence-electron chi connectivity index (χ2n) is 7.75. The lowest BCUT2D eigenvalue weighted by Crippen LogP contribution is -2.37. The Morgan fingerprint density at radius 2 is 2.34 bits per heavy atom. The molecule has 0 saturated carbocycles. The molecule has 2 atom stereocenters. The molecule has 0 amide bonds. The number of nitrogens with one attached hydrogen (secondary N) is 1. The number of aromatic amines is 1. The summed E-state index contributed by atoms with van der Waals surface area (Å²) in [4.78, 5) is 24.7. The third-order valence-corrected chi connectivity index (χ3v) is 6.36. The van der Waals surface area contributed by atoms with Gasteiger partial charge in [-0.1, -0.05) is 13.0 Å². The highest BCUT2D eigenvalue weighted by Crippen LogP contribution is 2.35. The van der Waals surface area contributed by atoms with Crippen LogP contribution >= 0.6 is 11.3 Å². The standard InChI is InChI=1S/C21H31N3O4S/c1-4-8-28-13-15(25)11-24(7-9-27-3)12-18-22-20(26)19-16-6-5-14(2)10-17(16)29-21(19)23-18/h4,14-15,25H,1,5-13H2,2-3H3,(H,22,23,26). The first-order valence-corrected chi connectivity index (χ1v) is 10.9. The molecule has 1 aliphatic carbocycles. The van der Waals surface area contributed by atoms with Crippen LogP contribution in [0.25, 0.3) is 10.2 Å². The van der Waals surface area contributed by atoms with Crippen LogP contribution in [-0.2, 0) is 28.9 Å². The molecule has 0 radical (unpaired) electrons. The Kier molecular flexibility index (Phi) is 7.97. The van der Waals surface area contributed by atoms with Crippen LogP contribution in [0.4, 0.5) is 0 Å². The van der Waals surface area contributed by atoms with Crippen LogP contribution in [0.1, 0.15) is 29.6 Å². The van der Waals surface area contributed by atoms with Gasteiger partial charge in [0.2, 0.25) is 0 Å². The van der Waals surface area contributed by atoms with E-state index < -0.39 is 6.10 Å². The SMILES string of the molecule is C=CCOCC(O)CN(CCOC)Cc1nc2sc3c(c2c(=O)[nH]1)CCC(C)C3. The lowest BCUT2D eigenvalue weighted by Gasteiger charge is -2.24. The van der Waals surface area contributed by atoms with Crippen molar-refractivity contribution in [3.63, 3.8) is 0 Å². The number of ether oxygens (including phenoxy) is 2. The van der Waals surface area contributed by atoms with Gasteiger partial charge in [-0.15, -0.1) is 17.9 Å². The van der Waals surface area contributed by atoms with Crippen molar-refractivity contribution >= 4 is 21.6 Å². The van der Waals surface area contributed by atoms with Crippen molar-refractivity contribution in [1.29, 1.82) is 0 Å². The number of hydrogen-bond acceptors (Lipinski definition) is 7. The first kappa shape index (κ1) is 22.1. The van der Waals surface area contributed by atoms with E-state index in [9.17, 15) is 9.90 Å². The zero-order chi connectivity index (χ0) is 20.8. The molecule has 0 bridgehead atoms. The van der Waals surface area contributed by atoms with Gasteiger partial charge >= 0.3 is 0 Å². The van der Waals surface area contributed by atoms with Gasteiger partial charge in [0.1, 0.15) is 10.7 Å². The van der Waals surface area contributed by atoms with E-state index in [1.807, 2.05) is 4.90 Å². The number of fused-ring (bicyclic) bond motifs is 3. The van der Waals surface area contributed by atoms with Crippen molar-refractivity contribution < 1.29 is 14.6 Å². The Balaban J connectivity index is 1.76. The van der Waals surface area contributed by atoms with Gasteiger partial charge in [-0.05, 0) is 30.7 Å². The average molecular weight is 422 g/mol. The first-order valence-electron chi connectivity index (χ1n) is 10.1. The van der Waals surface area contributed by atoms with Crippen molar-refractivity contribution in [2.45, 2.75) is 38.8 Å². The molecule has 1 aliphatic rings. The lowest BCUT2D eigenvalue weighted by molar-refractivity contribution is 0.0189. The number of aromatic nitrogens is 2. The van der Waals surface area contributed by atoms with Gasteiger partial charge in [-0.2, -0.15) is 0 Å². The van der Waals surface area contributed by atoms with Crippen LogP contribution in [0.15, 0.2) is 17.4 Å². The second-order valence-corrected chi connectivity index (χ2v) is 8.84. The van der Waals surface area contributed by atoms with Crippen molar-refractivity contribution in [3.8, 4) is 0 Å². The molecule has 29 heavy (non-hydrogen) atoms. The summed E-state index contributed by atoms with van der Waals surface area (Å²) >= 11 is 1.65. The zero-order valence-electron chi connectivity index (χ0n) is 17.3. The number of H-pyrrole nitrogens is 1. The number of nitrogens with zero attached hydrogens (tertiary/aromatic N) is 2. The van der Waals surface area contributed by atoms with Crippen LogP contribution in [0, 0.1) is 5.92 Å². The Morgan fingerprint density at radius 1 is 1.52 bits per heavy atom. The fraction of sp³-hybridized carbons (Fsp3) is 0.619. The second kappa shape index (κ2) is 10.4. The normalized spacial score (nSPS) is 17.6. The van der Waals surface area contributed by atoms with Crippen molar-refractivity contribution in [3.05, 3.63) is 39.3 Å². The smallest absolute Gasteiger partial charge is 0.259 e. The van der Waals surface area contributed by atoms with E-state index in [-0.39, 0.29) is 12.2 Å². The molecule has 3 rings (SSSR count). The highest BCUT2D eigenvalue weighted by Gasteiger charge is 2.23. The summed E-state index contributed by atoms with van der Waals surface area (Å²) < 4.78 is 10.5. The number of methoxy groups -OCH3 is 1. The molecule has 0 aromatic carbocycles. The summed E-state index contributed by atoms with van der Waals surface area (Å²) in [5.41, 5.74) is 1.13. The zero-order valence-corrected chi connectivity index (χ0v) is 18.1. The summed E-state index contributed by atoms with van der Waals surface area (Å²) in [6.45, 7) is 8.48. The topological polar surface area (TPSA) is 87.7 Å². The van der Waals surface area contributed by atoms with Gasteiger partial charge in [0.15, 0.2) is 0 Å². The minimum absolute atomic E-state index is 0.0568. The molecule has 2 heterocycles. The van der Waals surface area contributed by atoms with Crippen LogP contribution in [0.5, 0.6) is 0 Å². The minimum Gasteiger partial charge on any atom is -0.389 e. The monoisotopic (exact) mass is 421 g/mol. The van der Waals surface area contributed by atoms with E-state index in [2.05, 4.69) is 18.5 Å². The van der Waals surface area contributed by atoms with Crippen LogP contribution < -0.4 is 5.56 Å². The van der Waals surface area contributed by atoms with E-state index in [1.54, 1.807) is 24.5 Å². The minimum atomic E-state index is -0.641. The highest BCUT2D eigenvalue weighted by atomic mass is 32.1. The molecule has 2 aromatic heterocycles. The predicted molar refractivity (Wildman–Crippen MR) is 116 cm³/mol. The van der Waals surface area contributed by atoms with E-state index >= 15 is 0 Å². The van der Waals surface area contributed by atoms with E-state index in [0.29, 0.717) is 44.6 Å². The summed E-state index contributed by atoms with van der Waals surface area (Å²) in [7, 11) is 1.64. The fourth-order valence-corrected chi connectivity index (χ4v) is 5.18. The van der Waals surface area contributed by atoms with Gasteiger partial charge in [0.05, 0.1) is 37.9 Å². The predicted octanol–water partition coefficient (Wildman–Crippen LogP) is 2.12. The number of rotatable bonds is 11. The summed E-state index contributed by atoms with van der Waals surface area (Å²) in [6.07, 6.45) is 4.12. The number of aryl methyl sites for hydroxylation is 1. The summed E-state index contributed by atoms with van der Waals surface area (Å²) in [5.74, 6) is 1.27. The maximum atomic E-state index is 12.8. The molecule has 0 aliphatic heterocycles. The molecule has 0 saturated heterocycles.